The predicted octanol–water partition coefficient (Wildman–Crippen LogP) is 3.93. The van der Waals surface area contributed by atoms with Gasteiger partial charge < -0.3 is 9.30 Å². The second-order valence-electron chi connectivity index (χ2n) is 7.18. The number of carbonyl (C=O) groups excluding carboxylic acids is 2. The molecule has 0 spiro atoms. The van der Waals surface area contributed by atoms with Gasteiger partial charge in [0.05, 0.1) is 12.8 Å². The predicted molar refractivity (Wildman–Crippen MR) is 124 cm³/mol. The third kappa shape index (κ3) is 3.75. The summed E-state index contributed by atoms with van der Waals surface area (Å²) in [6, 6.07) is 16.9. The standard InChI is InChI=1S/C24H21N3O3S/c1-15-6-4-8-21(16(15)2)27-23(29)20(22(28)25-24(27)31)14-18-7-5-13-26(18)17-9-11-19(30-3)12-10-17/h4-14H,1-3H3,(H,25,28,31)/b20-14+. The molecule has 156 valence electrons. The number of nitrogens with one attached hydrogen (secondary N) is 1. The monoisotopic (exact) mass is 431 g/mol. The zero-order valence-corrected chi connectivity index (χ0v) is 18.2. The van der Waals surface area contributed by atoms with Gasteiger partial charge in [-0.05, 0) is 85.7 Å². The third-order valence-corrected chi connectivity index (χ3v) is 5.63. The van der Waals surface area contributed by atoms with Gasteiger partial charge in [0.15, 0.2) is 5.11 Å². The Morgan fingerprint density at radius 3 is 2.45 bits per heavy atom. The van der Waals surface area contributed by atoms with Gasteiger partial charge in [0.2, 0.25) is 0 Å². The van der Waals surface area contributed by atoms with E-state index in [0.717, 1.165) is 22.6 Å². The molecule has 2 heterocycles. The van der Waals surface area contributed by atoms with E-state index in [2.05, 4.69) is 5.32 Å². The molecule has 4 rings (SSSR count). The molecule has 3 aromatic rings. The Morgan fingerprint density at radius 1 is 1.00 bits per heavy atom. The van der Waals surface area contributed by atoms with Gasteiger partial charge in [-0.1, -0.05) is 12.1 Å². The van der Waals surface area contributed by atoms with E-state index in [4.69, 9.17) is 17.0 Å². The van der Waals surface area contributed by atoms with Crippen molar-refractivity contribution in [3.8, 4) is 11.4 Å². The summed E-state index contributed by atoms with van der Waals surface area (Å²) in [4.78, 5) is 27.4. The number of thiocarbonyl (C=S) groups is 1. The highest BCUT2D eigenvalue weighted by Crippen LogP contribution is 2.27. The Kier molecular flexibility index (Phi) is 5.44. The molecule has 0 atom stereocenters. The van der Waals surface area contributed by atoms with Crippen LogP contribution in [0.3, 0.4) is 0 Å². The Balaban J connectivity index is 1.75. The van der Waals surface area contributed by atoms with E-state index in [1.54, 1.807) is 13.2 Å². The molecule has 0 bridgehead atoms. The average molecular weight is 432 g/mol. The Hall–Kier alpha value is -3.71. The first-order valence-corrected chi connectivity index (χ1v) is 10.1. The molecule has 0 unspecified atom stereocenters. The quantitative estimate of drug-likeness (QED) is 0.386. The summed E-state index contributed by atoms with van der Waals surface area (Å²) in [5.41, 5.74) is 4.20. The van der Waals surface area contributed by atoms with Gasteiger partial charge >= 0.3 is 0 Å². The van der Waals surface area contributed by atoms with Crippen molar-refractivity contribution < 1.29 is 14.3 Å². The number of benzene rings is 2. The number of rotatable bonds is 4. The number of hydrogen-bond donors (Lipinski definition) is 1. The number of hydrogen-bond acceptors (Lipinski definition) is 4. The number of methoxy groups -OCH3 is 1. The van der Waals surface area contributed by atoms with Crippen LogP contribution in [0.5, 0.6) is 5.75 Å². The summed E-state index contributed by atoms with van der Waals surface area (Å²) in [5.74, 6) is -0.223. The summed E-state index contributed by atoms with van der Waals surface area (Å²) in [6.45, 7) is 3.89. The van der Waals surface area contributed by atoms with Crippen LogP contribution in [0.25, 0.3) is 11.8 Å². The SMILES string of the molecule is COc1ccc(-n2cccc2/C=C2\C(=O)NC(=S)N(c3cccc(C)c3C)C2=O)cc1. The highest BCUT2D eigenvalue weighted by atomic mass is 32.1. The zero-order valence-electron chi connectivity index (χ0n) is 17.4. The summed E-state index contributed by atoms with van der Waals surface area (Å²) < 4.78 is 7.10. The maximum absolute atomic E-state index is 13.4. The minimum absolute atomic E-state index is 0.0166. The van der Waals surface area contributed by atoms with Gasteiger partial charge in [-0.25, -0.2) is 0 Å². The number of nitrogens with zero attached hydrogens (tertiary/aromatic N) is 2. The fourth-order valence-corrected chi connectivity index (χ4v) is 3.77. The van der Waals surface area contributed by atoms with E-state index < -0.39 is 11.8 Å². The van der Waals surface area contributed by atoms with E-state index in [-0.39, 0.29) is 10.7 Å². The second-order valence-corrected chi connectivity index (χ2v) is 7.56. The number of aryl methyl sites for hydroxylation is 1. The van der Waals surface area contributed by atoms with E-state index in [1.165, 1.54) is 4.90 Å². The minimum atomic E-state index is -0.515. The lowest BCUT2D eigenvalue weighted by atomic mass is 10.0. The molecule has 2 aromatic carbocycles. The molecule has 1 aliphatic heterocycles. The van der Waals surface area contributed by atoms with Crippen LogP contribution >= 0.6 is 12.2 Å². The number of amides is 2. The van der Waals surface area contributed by atoms with Crippen LogP contribution in [0.2, 0.25) is 0 Å². The Labute approximate surface area is 185 Å². The zero-order chi connectivity index (χ0) is 22.1. The number of ether oxygens (including phenoxy) is 1. The van der Waals surface area contributed by atoms with Crippen molar-refractivity contribution >= 4 is 40.9 Å². The van der Waals surface area contributed by atoms with Crippen molar-refractivity contribution in [2.24, 2.45) is 0 Å². The molecule has 1 fully saturated rings. The van der Waals surface area contributed by atoms with Crippen LogP contribution in [-0.4, -0.2) is 28.6 Å². The molecule has 0 saturated carbocycles. The normalized spacial score (nSPS) is 15.4. The third-order valence-electron chi connectivity index (χ3n) is 5.34. The van der Waals surface area contributed by atoms with Gasteiger partial charge in [-0.15, -0.1) is 0 Å². The van der Waals surface area contributed by atoms with Gasteiger partial charge in [0.1, 0.15) is 11.3 Å². The Bertz CT molecular complexity index is 1230. The average Bonchev–Trinajstić information content (AvgIpc) is 3.22. The lowest BCUT2D eigenvalue weighted by Gasteiger charge is -2.30. The molecule has 31 heavy (non-hydrogen) atoms. The summed E-state index contributed by atoms with van der Waals surface area (Å²) in [5, 5.41) is 2.72. The van der Waals surface area contributed by atoms with Crippen LogP contribution in [0.1, 0.15) is 16.8 Å². The van der Waals surface area contributed by atoms with Crippen molar-refractivity contribution in [3.05, 3.63) is 83.2 Å². The highest BCUT2D eigenvalue weighted by Gasteiger charge is 2.35. The van der Waals surface area contributed by atoms with Gasteiger partial charge in [0, 0.05) is 17.6 Å². The molecule has 1 aromatic heterocycles. The van der Waals surface area contributed by atoms with Crippen molar-refractivity contribution in [2.75, 3.05) is 12.0 Å². The van der Waals surface area contributed by atoms with E-state index in [9.17, 15) is 9.59 Å². The second kappa shape index (κ2) is 8.20. The first kappa shape index (κ1) is 20.6. The number of aromatic nitrogens is 1. The Morgan fingerprint density at radius 2 is 1.74 bits per heavy atom. The maximum atomic E-state index is 13.4. The van der Waals surface area contributed by atoms with Crippen LogP contribution in [0.4, 0.5) is 5.69 Å². The van der Waals surface area contributed by atoms with Crippen LogP contribution in [0, 0.1) is 13.8 Å². The van der Waals surface area contributed by atoms with Gasteiger partial charge in [0.25, 0.3) is 11.8 Å². The van der Waals surface area contributed by atoms with E-state index in [0.29, 0.717) is 11.4 Å². The minimum Gasteiger partial charge on any atom is -0.497 e. The van der Waals surface area contributed by atoms with Crippen molar-refractivity contribution in [3.63, 3.8) is 0 Å². The molecule has 1 saturated heterocycles. The largest absolute Gasteiger partial charge is 0.497 e. The lowest BCUT2D eigenvalue weighted by molar-refractivity contribution is -0.122. The first-order valence-electron chi connectivity index (χ1n) is 9.70. The van der Waals surface area contributed by atoms with Crippen molar-refractivity contribution in [2.45, 2.75) is 13.8 Å². The fraction of sp³-hybridized carbons (Fsp3) is 0.125. The van der Waals surface area contributed by atoms with Crippen LogP contribution in [-0.2, 0) is 9.59 Å². The summed E-state index contributed by atoms with van der Waals surface area (Å²) in [6.07, 6.45) is 3.45. The molecule has 0 radical (unpaired) electrons. The number of carbonyl (C=O) groups is 2. The number of anilines is 1. The molecule has 1 N–H and O–H groups in total. The van der Waals surface area contributed by atoms with Crippen molar-refractivity contribution in [1.29, 1.82) is 0 Å². The summed E-state index contributed by atoms with van der Waals surface area (Å²) in [7, 11) is 1.61. The molecule has 7 heteroatoms. The molecule has 6 nitrogen and oxygen atoms in total. The van der Waals surface area contributed by atoms with E-state index in [1.807, 2.05) is 79.2 Å². The van der Waals surface area contributed by atoms with E-state index >= 15 is 0 Å². The van der Waals surface area contributed by atoms with Gasteiger partial charge in [-0.2, -0.15) is 0 Å². The van der Waals surface area contributed by atoms with Gasteiger partial charge in [-0.3, -0.25) is 19.8 Å². The molecular weight excluding hydrogens is 410 g/mol. The van der Waals surface area contributed by atoms with Crippen LogP contribution < -0.4 is 15.0 Å². The first-order chi connectivity index (χ1) is 14.9. The highest BCUT2D eigenvalue weighted by molar-refractivity contribution is 7.80. The topological polar surface area (TPSA) is 63.6 Å². The molecule has 2 amide bonds. The molecular formula is C24H21N3O3S. The van der Waals surface area contributed by atoms with Crippen molar-refractivity contribution in [1.82, 2.24) is 9.88 Å². The summed E-state index contributed by atoms with van der Waals surface area (Å²) >= 11 is 5.32. The smallest absolute Gasteiger partial charge is 0.270 e. The molecule has 0 aliphatic carbocycles. The lowest BCUT2D eigenvalue weighted by Crippen LogP contribution is -2.54. The fourth-order valence-electron chi connectivity index (χ4n) is 3.49. The maximum Gasteiger partial charge on any atom is 0.270 e. The molecule has 1 aliphatic rings. The van der Waals surface area contributed by atoms with Crippen LogP contribution in [0.15, 0.2) is 66.4 Å².